The molecule has 18 heavy (non-hydrogen) atoms. The molecule has 4 unspecified atom stereocenters. The van der Waals surface area contributed by atoms with Crippen molar-refractivity contribution in [2.24, 2.45) is 5.92 Å². The minimum Gasteiger partial charge on any atom is -0.373 e. The highest BCUT2D eigenvalue weighted by molar-refractivity contribution is 4.95. The van der Waals surface area contributed by atoms with Crippen molar-refractivity contribution in [3.63, 3.8) is 0 Å². The lowest BCUT2D eigenvalue weighted by atomic mass is 9.88. The normalized spacial score (nSPS) is 39.3. The first-order chi connectivity index (χ1) is 8.76. The third-order valence-corrected chi connectivity index (χ3v) is 5.37. The number of rotatable bonds is 4. The van der Waals surface area contributed by atoms with Crippen LogP contribution in [0.5, 0.6) is 0 Å². The number of hydrogen-bond acceptors (Lipinski definition) is 3. The summed E-state index contributed by atoms with van der Waals surface area (Å²) in [6.07, 6.45) is 7.65. The van der Waals surface area contributed by atoms with Crippen LogP contribution in [0.25, 0.3) is 0 Å². The molecule has 3 rings (SSSR count). The topological polar surface area (TPSA) is 24.5 Å². The Morgan fingerprint density at radius 2 is 2.00 bits per heavy atom. The molecule has 0 aromatic heterocycles. The monoisotopic (exact) mass is 252 g/mol. The van der Waals surface area contributed by atoms with E-state index in [0.717, 1.165) is 5.92 Å². The van der Waals surface area contributed by atoms with Gasteiger partial charge in [-0.1, -0.05) is 6.92 Å². The zero-order valence-corrected chi connectivity index (χ0v) is 11.9. The van der Waals surface area contributed by atoms with Crippen molar-refractivity contribution in [1.29, 1.82) is 0 Å². The summed E-state index contributed by atoms with van der Waals surface area (Å²) in [6.45, 7) is 8.46. The Morgan fingerprint density at radius 1 is 1.22 bits per heavy atom. The molecule has 0 aliphatic carbocycles. The summed E-state index contributed by atoms with van der Waals surface area (Å²) in [5.41, 5.74) is 0. The van der Waals surface area contributed by atoms with Gasteiger partial charge in [-0.05, 0) is 64.6 Å². The van der Waals surface area contributed by atoms with Gasteiger partial charge in [0.25, 0.3) is 0 Å². The van der Waals surface area contributed by atoms with E-state index in [-0.39, 0.29) is 0 Å². The van der Waals surface area contributed by atoms with Crippen LogP contribution in [0.15, 0.2) is 0 Å². The molecule has 0 aromatic rings. The zero-order chi connectivity index (χ0) is 12.5. The Hall–Kier alpha value is -0.120. The fourth-order valence-corrected chi connectivity index (χ4v) is 4.06. The molecule has 0 spiro atoms. The molecule has 0 amide bonds. The fourth-order valence-electron chi connectivity index (χ4n) is 4.06. The third kappa shape index (κ3) is 2.59. The molecule has 0 radical (unpaired) electrons. The summed E-state index contributed by atoms with van der Waals surface area (Å²) in [7, 11) is 0. The molecule has 1 N–H and O–H groups in total. The molecule has 0 aromatic carbocycles. The van der Waals surface area contributed by atoms with Crippen molar-refractivity contribution in [3.05, 3.63) is 0 Å². The SMILES string of the molecule is CCN1CCC(C(C)NC2CC3CCC2O3)CC1. The minimum atomic E-state index is 0.521. The van der Waals surface area contributed by atoms with Gasteiger partial charge >= 0.3 is 0 Å². The maximum Gasteiger partial charge on any atom is 0.0733 e. The van der Waals surface area contributed by atoms with Crippen LogP contribution in [0.1, 0.15) is 46.0 Å². The van der Waals surface area contributed by atoms with Crippen LogP contribution in [0.4, 0.5) is 0 Å². The first-order valence-electron chi connectivity index (χ1n) is 7.90. The number of ether oxygens (including phenoxy) is 1. The standard InChI is InChI=1S/C15H28N2O/c1-3-17-8-6-12(7-9-17)11(2)16-14-10-13-4-5-15(14)18-13/h11-16H,3-10H2,1-2H3. The van der Waals surface area contributed by atoms with Crippen molar-refractivity contribution >= 4 is 0 Å². The average molecular weight is 252 g/mol. The van der Waals surface area contributed by atoms with Crippen LogP contribution in [0.2, 0.25) is 0 Å². The maximum absolute atomic E-state index is 5.94. The van der Waals surface area contributed by atoms with Crippen LogP contribution in [-0.2, 0) is 4.74 Å². The van der Waals surface area contributed by atoms with E-state index >= 15 is 0 Å². The summed E-state index contributed by atoms with van der Waals surface area (Å²) >= 11 is 0. The van der Waals surface area contributed by atoms with Crippen LogP contribution < -0.4 is 5.32 Å². The molecule has 3 aliphatic rings. The number of nitrogens with one attached hydrogen (secondary N) is 1. The summed E-state index contributed by atoms with van der Waals surface area (Å²) in [5, 5.41) is 3.87. The number of nitrogens with zero attached hydrogens (tertiary/aromatic N) is 1. The molecule has 3 heteroatoms. The van der Waals surface area contributed by atoms with Gasteiger partial charge in [0.2, 0.25) is 0 Å². The smallest absolute Gasteiger partial charge is 0.0733 e. The minimum absolute atomic E-state index is 0.521. The molecule has 2 bridgehead atoms. The Morgan fingerprint density at radius 3 is 2.56 bits per heavy atom. The van der Waals surface area contributed by atoms with Gasteiger partial charge in [-0.3, -0.25) is 0 Å². The molecule has 3 aliphatic heterocycles. The average Bonchev–Trinajstić information content (AvgIpc) is 3.01. The second-order valence-electron chi connectivity index (χ2n) is 6.44. The first-order valence-corrected chi connectivity index (χ1v) is 7.90. The molecule has 3 nitrogen and oxygen atoms in total. The van der Waals surface area contributed by atoms with Crippen molar-refractivity contribution in [2.45, 2.75) is 70.2 Å². The summed E-state index contributed by atoms with van der Waals surface area (Å²) in [5.74, 6) is 0.868. The summed E-state index contributed by atoms with van der Waals surface area (Å²) in [4.78, 5) is 2.57. The highest BCUT2D eigenvalue weighted by atomic mass is 16.5. The Labute approximate surface area is 111 Å². The van der Waals surface area contributed by atoms with Crippen LogP contribution in [-0.4, -0.2) is 48.8 Å². The third-order valence-electron chi connectivity index (χ3n) is 5.37. The van der Waals surface area contributed by atoms with E-state index in [0.29, 0.717) is 24.3 Å². The lowest BCUT2D eigenvalue weighted by molar-refractivity contribution is 0.0927. The van der Waals surface area contributed by atoms with Crippen molar-refractivity contribution in [3.8, 4) is 0 Å². The number of likely N-dealkylation sites (tertiary alicyclic amines) is 1. The van der Waals surface area contributed by atoms with E-state index in [1.54, 1.807) is 0 Å². The van der Waals surface area contributed by atoms with E-state index in [2.05, 4.69) is 24.1 Å². The molecular weight excluding hydrogens is 224 g/mol. The van der Waals surface area contributed by atoms with E-state index in [1.807, 2.05) is 0 Å². The lowest BCUT2D eigenvalue weighted by Crippen LogP contribution is -2.48. The summed E-state index contributed by atoms with van der Waals surface area (Å²) in [6, 6.07) is 1.31. The van der Waals surface area contributed by atoms with Crippen LogP contribution >= 0.6 is 0 Å². The molecular formula is C15H28N2O. The van der Waals surface area contributed by atoms with Gasteiger partial charge in [0, 0.05) is 12.1 Å². The van der Waals surface area contributed by atoms with Gasteiger partial charge < -0.3 is 15.0 Å². The van der Waals surface area contributed by atoms with Gasteiger partial charge in [-0.2, -0.15) is 0 Å². The second kappa shape index (κ2) is 5.48. The van der Waals surface area contributed by atoms with Crippen LogP contribution in [0, 0.1) is 5.92 Å². The molecule has 3 fully saturated rings. The van der Waals surface area contributed by atoms with E-state index in [4.69, 9.17) is 4.74 Å². The van der Waals surface area contributed by atoms with Gasteiger partial charge in [0.1, 0.15) is 0 Å². The van der Waals surface area contributed by atoms with Gasteiger partial charge in [-0.25, -0.2) is 0 Å². The van der Waals surface area contributed by atoms with Crippen molar-refractivity contribution < 1.29 is 4.74 Å². The van der Waals surface area contributed by atoms with E-state index in [1.165, 1.54) is 51.7 Å². The largest absolute Gasteiger partial charge is 0.373 e. The zero-order valence-electron chi connectivity index (χ0n) is 11.9. The molecule has 0 saturated carbocycles. The van der Waals surface area contributed by atoms with Crippen molar-refractivity contribution in [1.82, 2.24) is 10.2 Å². The fraction of sp³-hybridized carbons (Fsp3) is 1.00. The predicted octanol–water partition coefficient (Wildman–Crippen LogP) is 2.02. The van der Waals surface area contributed by atoms with E-state index < -0.39 is 0 Å². The Kier molecular flexibility index (Phi) is 3.92. The van der Waals surface area contributed by atoms with Gasteiger partial charge in [-0.15, -0.1) is 0 Å². The molecule has 3 heterocycles. The number of piperidine rings is 1. The predicted molar refractivity (Wildman–Crippen MR) is 73.7 cm³/mol. The highest BCUT2D eigenvalue weighted by Crippen LogP contribution is 2.35. The van der Waals surface area contributed by atoms with Crippen LogP contribution in [0.3, 0.4) is 0 Å². The first kappa shape index (κ1) is 12.9. The number of fused-ring (bicyclic) bond motifs is 2. The second-order valence-corrected chi connectivity index (χ2v) is 6.44. The van der Waals surface area contributed by atoms with Gasteiger partial charge in [0.15, 0.2) is 0 Å². The summed E-state index contributed by atoms with van der Waals surface area (Å²) < 4.78 is 5.94. The quantitative estimate of drug-likeness (QED) is 0.828. The van der Waals surface area contributed by atoms with E-state index in [9.17, 15) is 0 Å². The highest BCUT2D eigenvalue weighted by Gasteiger charge is 2.41. The molecule has 3 saturated heterocycles. The van der Waals surface area contributed by atoms with Crippen molar-refractivity contribution in [2.75, 3.05) is 19.6 Å². The molecule has 104 valence electrons. The Balaban J connectivity index is 1.46. The van der Waals surface area contributed by atoms with Gasteiger partial charge in [0.05, 0.1) is 12.2 Å². The number of hydrogen-bond donors (Lipinski definition) is 1. The molecule has 4 atom stereocenters. The maximum atomic E-state index is 5.94. The Bertz CT molecular complexity index is 276. The lowest BCUT2D eigenvalue weighted by Gasteiger charge is -2.36.